The van der Waals surface area contributed by atoms with Crippen molar-refractivity contribution in [2.75, 3.05) is 23.9 Å². The summed E-state index contributed by atoms with van der Waals surface area (Å²) in [6.07, 6.45) is 0.484. The number of likely N-dealkylation sites (N-methyl/N-ethyl adjacent to an activating group) is 1. The lowest BCUT2D eigenvalue weighted by Gasteiger charge is -2.32. The highest BCUT2D eigenvalue weighted by Gasteiger charge is 2.32. The molecule has 9 heteroatoms. The third-order valence-electron chi connectivity index (χ3n) is 5.73. The molecule has 0 aliphatic carbocycles. The van der Waals surface area contributed by atoms with Crippen LogP contribution < -0.4 is 9.62 Å². The van der Waals surface area contributed by atoms with Crippen LogP contribution in [0.15, 0.2) is 89.8 Å². The maximum absolute atomic E-state index is 13.6. The average molecular weight is 512 g/mol. The van der Waals surface area contributed by atoms with Crippen LogP contribution in [-0.2, 0) is 26.0 Å². The van der Waals surface area contributed by atoms with E-state index in [1.165, 1.54) is 29.2 Å². The molecule has 3 aromatic rings. The van der Waals surface area contributed by atoms with Crippen LogP contribution in [0.2, 0.25) is 0 Å². The largest absolute Gasteiger partial charge is 0.355 e. The molecule has 1 unspecified atom stereocenters. The van der Waals surface area contributed by atoms with Crippen molar-refractivity contribution in [3.8, 4) is 0 Å². The lowest BCUT2D eigenvalue weighted by molar-refractivity contribution is -0.138. The van der Waals surface area contributed by atoms with E-state index in [1.807, 2.05) is 30.3 Å². The second kappa shape index (κ2) is 12.3. The van der Waals surface area contributed by atoms with Gasteiger partial charge in [-0.05, 0) is 62.2 Å². The second-order valence-electron chi connectivity index (χ2n) is 8.19. The first kappa shape index (κ1) is 26.9. The number of benzene rings is 3. The molecule has 1 N–H and O–H groups in total. The topological polar surface area (TPSA) is 86.8 Å². The molecule has 0 aliphatic rings. The summed E-state index contributed by atoms with van der Waals surface area (Å²) in [7, 11) is -4.16. The molecule has 36 heavy (non-hydrogen) atoms. The fraction of sp³-hybridized carbons (Fsp3) is 0.259. The maximum Gasteiger partial charge on any atom is 0.264 e. The van der Waals surface area contributed by atoms with Crippen LogP contribution in [-0.4, -0.2) is 50.8 Å². The minimum atomic E-state index is -4.16. The van der Waals surface area contributed by atoms with Gasteiger partial charge in [0.2, 0.25) is 11.8 Å². The van der Waals surface area contributed by atoms with Crippen molar-refractivity contribution in [2.45, 2.75) is 31.2 Å². The van der Waals surface area contributed by atoms with Gasteiger partial charge in [0.1, 0.15) is 18.4 Å². The highest BCUT2D eigenvalue weighted by Crippen LogP contribution is 2.24. The molecule has 2 amide bonds. The fourth-order valence-electron chi connectivity index (χ4n) is 3.75. The molecule has 0 spiro atoms. The first-order valence-electron chi connectivity index (χ1n) is 11.7. The zero-order valence-corrected chi connectivity index (χ0v) is 21.1. The van der Waals surface area contributed by atoms with E-state index < -0.39 is 34.3 Å². The van der Waals surface area contributed by atoms with Gasteiger partial charge < -0.3 is 10.2 Å². The van der Waals surface area contributed by atoms with Gasteiger partial charge in [0.25, 0.3) is 10.0 Å². The standard InChI is InChI=1S/C27H30FN3O4S/c1-3-29-27(33)21(2)30(19-18-22-10-6-4-7-11-22)26(32)20-31(24-16-14-23(28)15-17-24)36(34,35)25-12-8-5-9-13-25/h4-17,21H,3,18-20H2,1-2H3,(H,29,33). The number of rotatable bonds is 11. The highest BCUT2D eigenvalue weighted by atomic mass is 32.2. The molecule has 0 fully saturated rings. The molecule has 0 heterocycles. The van der Waals surface area contributed by atoms with E-state index in [1.54, 1.807) is 32.0 Å². The van der Waals surface area contributed by atoms with Crippen LogP contribution >= 0.6 is 0 Å². The van der Waals surface area contributed by atoms with Crippen LogP contribution in [0.5, 0.6) is 0 Å². The summed E-state index contributed by atoms with van der Waals surface area (Å²) in [6, 6.07) is 21.3. The first-order chi connectivity index (χ1) is 17.2. The van der Waals surface area contributed by atoms with Crippen LogP contribution in [0.3, 0.4) is 0 Å². The van der Waals surface area contributed by atoms with E-state index in [-0.39, 0.29) is 23.0 Å². The molecule has 0 bridgehead atoms. The van der Waals surface area contributed by atoms with E-state index in [0.29, 0.717) is 13.0 Å². The van der Waals surface area contributed by atoms with Crippen molar-refractivity contribution in [1.82, 2.24) is 10.2 Å². The Kier molecular flexibility index (Phi) is 9.19. The monoisotopic (exact) mass is 511 g/mol. The van der Waals surface area contributed by atoms with Crippen LogP contribution in [0.25, 0.3) is 0 Å². The molecular formula is C27H30FN3O4S. The predicted octanol–water partition coefficient (Wildman–Crippen LogP) is 3.62. The van der Waals surface area contributed by atoms with E-state index >= 15 is 0 Å². The normalized spacial score (nSPS) is 12.0. The van der Waals surface area contributed by atoms with Crippen molar-refractivity contribution >= 4 is 27.5 Å². The highest BCUT2D eigenvalue weighted by molar-refractivity contribution is 7.92. The van der Waals surface area contributed by atoms with Crippen molar-refractivity contribution in [1.29, 1.82) is 0 Å². The number of hydrogen-bond donors (Lipinski definition) is 1. The van der Waals surface area contributed by atoms with Gasteiger partial charge in [-0.15, -0.1) is 0 Å². The van der Waals surface area contributed by atoms with E-state index in [4.69, 9.17) is 0 Å². The molecular weight excluding hydrogens is 481 g/mol. The third-order valence-corrected chi connectivity index (χ3v) is 7.52. The van der Waals surface area contributed by atoms with Crippen molar-refractivity contribution in [2.24, 2.45) is 0 Å². The molecule has 3 rings (SSSR count). The Bertz CT molecular complexity index is 1250. The first-order valence-corrected chi connectivity index (χ1v) is 13.1. The van der Waals surface area contributed by atoms with Gasteiger partial charge in [0, 0.05) is 13.1 Å². The van der Waals surface area contributed by atoms with Gasteiger partial charge in [-0.25, -0.2) is 12.8 Å². The number of anilines is 1. The molecule has 3 aromatic carbocycles. The zero-order valence-electron chi connectivity index (χ0n) is 20.3. The molecule has 0 saturated heterocycles. The Morgan fingerprint density at radius 3 is 2.08 bits per heavy atom. The number of carbonyl (C=O) groups excluding carboxylic acids is 2. The SMILES string of the molecule is CCNC(=O)C(C)N(CCc1ccccc1)C(=O)CN(c1ccc(F)cc1)S(=O)(=O)c1ccccc1. The Morgan fingerprint density at radius 2 is 1.50 bits per heavy atom. The Balaban J connectivity index is 1.95. The average Bonchev–Trinajstić information content (AvgIpc) is 2.89. The van der Waals surface area contributed by atoms with Gasteiger partial charge in [0.05, 0.1) is 10.6 Å². The summed E-state index contributed by atoms with van der Waals surface area (Å²) < 4.78 is 41.6. The van der Waals surface area contributed by atoms with Gasteiger partial charge in [-0.1, -0.05) is 48.5 Å². The molecule has 0 aliphatic heterocycles. The minimum absolute atomic E-state index is 0.00487. The van der Waals surface area contributed by atoms with Crippen molar-refractivity contribution in [3.63, 3.8) is 0 Å². The Labute approximate surface area is 211 Å². The third kappa shape index (κ3) is 6.69. The minimum Gasteiger partial charge on any atom is -0.355 e. The number of amides is 2. The number of nitrogens with one attached hydrogen (secondary N) is 1. The molecule has 0 aromatic heterocycles. The predicted molar refractivity (Wildman–Crippen MR) is 137 cm³/mol. The Morgan fingerprint density at radius 1 is 0.917 bits per heavy atom. The van der Waals surface area contributed by atoms with Gasteiger partial charge in [-0.2, -0.15) is 0 Å². The van der Waals surface area contributed by atoms with Crippen LogP contribution in [0.1, 0.15) is 19.4 Å². The van der Waals surface area contributed by atoms with E-state index in [9.17, 15) is 22.4 Å². The van der Waals surface area contributed by atoms with E-state index in [2.05, 4.69) is 5.32 Å². The summed E-state index contributed by atoms with van der Waals surface area (Å²) in [5, 5.41) is 2.72. The number of hydrogen-bond acceptors (Lipinski definition) is 4. The second-order valence-corrected chi connectivity index (χ2v) is 10.1. The van der Waals surface area contributed by atoms with E-state index in [0.717, 1.165) is 22.0 Å². The molecule has 0 saturated carbocycles. The lowest BCUT2D eigenvalue weighted by Crippen LogP contribution is -2.52. The molecule has 190 valence electrons. The maximum atomic E-state index is 13.6. The van der Waals surface area contributed by atoms with Crippen LogP contribution in [0, 0.1) is 5.82 Å². The molecule has 1 atom stereocenters. The van der Waals surface area contributed by atoms with Crippen molar-refractivity contribution in [3.05, 3.63) is 96.3 Å². The van der Waals surface area contributed by atoms with Crippen molar-refractivity contribution < 1.29 is 22.4 Å². The van der Waals surface area contributed by atoms with Gasteiger partial charge in [0.15, 0.2) is 0 Å². The quantitative estimate of drug-likeness (QED) is 0.426. The summed E-state index contributed by atoms with van der Waals surface area (Å²) in [4.78, 5) is 27.6. The summed E-state index contributed by atoms with van der Waals surface area (Å²) in [5.74, 6) is -1.41. The molecule has 7 nitrogen and oxygen atoms in total. The fourth-order valence-corrected chi connectivity index (χ4v) is 5.18. The lowest BCUT2D eigenvalue weighted by atomic mass is 10.1. The van der Waals surface area contributed by atoms with Crippen LogP contribution in [0.4, 0.5) is 10.1 Å². The number of nitrogens with zero attached hydrogens (tertiary/aromatic N) is 2. The summed E-state index contributed by atoms with van der Waals surface area (Å²) >= 11 is 0. The van der Waals surface area contributed by atoms with Gasteiger partial charge in [-0.3, -0.25) is 13.9 Å². The Hall–Kier alpha value is -3.72. The number of carbonyl (C=O) groups is 2. The summed E-state index contributed by atoms with van der Waals surface area (Å²) in [6.45, 7) is 3.45. The summed E-state index contributed by atoms with van der Waals surface area (Å²) in [5.41, 5.74) is 1.12. The number of halogens is 1. The zero-order chi connectivity index (χ0) is 26.1. The number of sulfonamides is 1. The van der Waals surface area contributed by atoms with Gasteiger partial charge >= 0.3 is 0 Å². The molecule has 0 radical (unpaired) electrons. The smallest absolute Gasteiger partial charge is 0.264 e.